The molecule has 1 atom stereocenters. The third kappa shape index (κ3) is 2.15. The fourth-order valence-corrected chi connectivity index (χ4v) is 1.70. The molecule has 2 rings (SSSR count). The van der Waals surface area contributed by atoms with Gasteiger partial charge in [-0.15, -0.1) is 0 Å². The Labute approximate surface area is 88.2 Å². The van der Waals surface area contributed by atoms with E-state index in [-0.39, 0.29) is 6.10 Å². The van der Waals surface area contributed by atoms with Crippen LogP contribution in [0.15, 0.2) is 18.3 Å². The van der Waals surface area contributed by atoms with Gasteiger partial charge in [-0.05, 0) is 30.5 Å². The molecule has 80 valence electrons. The molecule has 1 aliphatic heterocycles. The number of ether oxygens (including phenoxy) is 2. The molecule has 15 heavy (non-hydrogen) atoms. The monoisotopic (exact) mass is 207 g/mol. The molecule has 1 aromatic rings. The number of hydrogen-bond donors (Lipinski definition) is 0. The molecule has 0 aliphatic carbocycles. The Balaban J connectivity index is 2.21. The lowest BCUT2D eigenvalue weighted by Crippen LogP contribution is -2.06. The zero-order chi connectivity index (χ0) is 10.7. The van der Waals surface area contributed by atoms with Gasteiger partial charge in [0.15, 0.2) is 0 Å². The summed E-state index contributed by atoms with van der Waals surface area (Å²) in [6.45, 7) is 0.792. The molecule has 0 saturated carbocycles. The second kappa shape index (κ2) is 4.40. The van der Waals surface area contributed by atoms with Crippen LogP contribution in [-0.2, 0) is 9.47 Å². The predicted molar refractivity (Wildman–Crippen MR) is 53.5 cm³/mol. The van der Waals surface area contributed by atoms with Gasteiger partial charge in [-0.25, -0.2) is 9.78 Å². The number of carbonyl (C=O) groups is 1. The first kappa shape index (κ1) is 10.1. The number of hydrogen-bond acceptors (Lipinski definition) is 4. The molecule has 0 radical (unpaired) electrons. The van der Waals surface area contributed by atoms with E-state index in [1.165, 1.54) is 7.11 Å². The number of pyridine rings is 1. The smallest absolute Gasteiger partial charge is 0.356 e. The first-order valence-electron chi connectivity index (χ1n) is 4.97. The van der Waals surface area contributed by atoms with Gasteiger partial charge in [0.25, 0.3) is 0 Å². The van der Waals surface area contributed by atoms with E-state index in [1.807, 2.05) is 6.07 Å². The van der Waals surface area contributed by atoms with Crippen molar-refractivity contribution in [3.8, 4) is 0 Å². The average molecular weight is 207 g/mol. The molecule has 1 aliphatic rings. The summed E-state index contributed by atoms with van der Waals surface area (Å²) in [5, 5.41) is 0. The standard InChI is InChI=1S/C11H13NO3/c1-14-11(13)9-7-8(4-5-12-9)10-3-2-6-15-10/h4-5,7,10H,2-3,6H2,1H3. The molecule has 2 heterocycles. The summed E-state index contributed by atoms with van der Waals surface area (Å²) in [6.07, 6.45) is 3.80. The molecule has 1 fully saturated rings. The molecule has 4 heteroatoms. The van der Waals surface area contributed by atoms with Gasteiger partial charge in [-0.3, -0.25) is 0 Å². The highest BCUT2D eigenvalue weighted by Crippen LogP contribution is 2.28. The molecule has 0 amide bonds. The van der Waals surface area contributed by atoms with Gasteiger partial charge in [-0.1, -0.05) is 0 Å². The van der Waals surface area contributed by atoms with E-state index in [9.17, 15) is 4.79 Å². The SMILES string of the molecule is COC(=O)c1cc(C2CCCO2)ccn1. The molecule has 0 bridgehead atoms. The highest BCUT2D eigenvalue weighted by Gasteiger charge is 2.19. The molecule has 1 unspecified atom stereocenters. The van der Waals surface area contributed by atoms with Crippen molar-refractivity contribution in [2.45, 2.75) is 18.9 Å². The van der Waals surface area contributed by atoms with Gasteiger partial charge in [0.2, 0.25) is 0 Å². The van der Waals surface area contributed by atoms with Crippen LogP contribution in [0.25, 0.3) is 0 Å². The van der Waals surface area contributed by atoms with Gasteiger partial charge >= 0.3 is 5.97 Å². The van der Waals surface area contributed by atoms with E-state index in [0.717, 1.165) is 25.0 Å². The quantitative estimate of drug-likeness (QED) is 0.693. The zero-order valence-corrected chi connectivity index (χ0v) is 8.60. The summed E-state index contributed by atoms with van der Waals surface area (Å²) in [5.74, 6) is -0.408. The van der Waals surface area contributed by atoms with Crippen LogP contribution < -0.4 is 0 Å². The van der Waals surface area contributed by atoms with Crippen LogP contribution in [0.5, 0.6) is 0 Å². The molecule has 0 spiro atoms. The summed E-state index contributed by atoms with van der Waals surface area (Å²) in [4.78, 5) is 15.2. The molecule has 1 saturated heterocycles. The molecule has 0 N–H and O–H groups in total. The van der Waals surface area contributed by atoms with Crippen LogP contribution in [0.4, 0.5) is 0 Å². The Morgan fingerprint density at radius 1 is 1.67 bits per heavy atom. The van der Waals surface area contributed by atoms with E-state index in [2.05, 4.69) is 9.72 Å². The van der Waals surface area contributed by atoms with Crippen LogP contribution in [0.3, 0.4) is 0 Å². The van der Waals surface area contributed by atoms with Crippen molar-refractivity contribution in [2.75, 3.05) is 13.7 Å². The Hall–Kier alpha value is -1.42. The van der Waals surface area contributed by atoms with Crippen molar-refractivity contribution in [3.05, 3.63) is 29.6 Å². The van der Waals surface area contributed by atoms with Crippen molar-refractivity contribution in [2.24, 2.45) is 0 Å². The fourth-order valence-electron chi connectivity index (χ4n) is 1.70. The van der Waals surface area contributed by atoms with Crippen molar-refractivity contribution >= 4 is 5.97 Å². The van der Waals surface area contributed by atoms with E-state index in [1.54, 1.807) is 12.3 Å². The van der Waals surface area contributed by atoms with Crippen molar-refractivity contribution in [3.63, 3.8) is 0 Å². The summed E-state index contributed by atoms with van der Waals surface area (Å²) in [7, 11) is 1.35. The second-order valence-electron chi connectivity index (χ2n) is 3.47. The Kier molecular flexibility index (Phi) is 2.97. The number of nitrogens with zero attached hydrogens (tertiary/aromatic N) is 1. The van der Waals surface area contributed by atoms with Gasteiger partial charge in [0, 0.05) is 12.8 Å². The van der Waals surface area contributed by atoms with Gasteiger partial charge in [0.05, 0.1) is 13.2 Å². The molecule has 4 nitrogen and oxygen atoms in total. The largest absolute Gasteiger partial charge is 0.464 e. The lowest BCUT2D eigenvalue weighted by Gasteiger charge is -2.09. The van der Waals surface area contributed by atoms with E-state index in [4.69, 9.17) is 4.74 Å². The maximum Gasteiger partial charge on any atom is 0.356 e. The Morgan fingerprint density at radius 3 is 3.20 bits per heavy atom. The minimum atomic E-state index is -0.408. The maximum atomic E-state index is 11.3. The van der Waals surface area contributed by atoms with Gasteiger partial charge < -0.3 is 9.47 Å². The normalized spacial score (nSPS) is 20.2. The maximum absolute atomic E-state index is 11.3. The second-order valence-corrected chi connectivity index (χ2v) is 3.47. The van der Waals surface area contributed by atoms with Crippen LogP contribution in [-0.4, -0.2) is 24.7 Å². The summed E-state index contributed by atoms with van der Waals surface area (Å²) < 4.78 is 10.1. The third-order valence-electron chi connectivity index (χ3n) is 2.48. The molecular weight excluding hydrogens is 194 g/mol. The van der Waals surface area contributed by atoms with Crippen LogP contribution in [0.2, 0.25) is 0 Å². The zero-order valence-electron chi connectivity index (χ0n) is 8.60. The van der Waals surface area contributed by atoms with Crippen LogP contribution >= 0.6 is 0 Å². The first-order chi connectivity index (χ1) is 7.31. The predicted octanol–water partition coefficient (Wildman–Crippen LogP) is 1.72. The first-order valence-corrected chi connectivity index (χ1v) is 4.97. The van der Waals surface area contributed by atoms with Crippen LogP contribution in [0.1, 0.15) is 35.0 Å². The Bertz CT molecular complexity index is 359. The lowest BCUT2D eigenvalue weighted by atomic mass is 10.1. The van der Waals surface area contributed by atoms with Crippen molar-refractivity contribution in [1.29, 1.82) is 0 Å². The average Bonchev–Trinajstić information content (AvgIpc) is 2.82. The minimum absolute atomic E-state index is 0.108. The summed E-state index contributed by atoms with van der Waals surface area (Å²) in [6, 6.07) is 3.62. The Morgan fingerprint density at radius 2 is 2.53 bits per heavy atom. The number of aromatic nitrogens is 1. The highest BCUT2D eigenvalue weighted by molar-refractivity contribution is 5.87. The van der Waals surface area contributed by atoms with E-state index < -0.39 is 5.97 Å². The fraction of sp³-hybridized carbons (Fsp3) is 0.455. The minimum Gasteiger partial charge on any atom is -0.464 e. The number of esters is 1. The number of methoxy groups -OCH3 is 1. The number of rotatable bonds is 2. The van der Waals surface area contributed by atoms with E-state index in [0.29, 0.717) is 5.69 Å². The summed E-state index contributed by atoms with van der Waals surface area (Å²) in [5.41, 5.74) is 1.34. The third-order valence-corrected chi connectivity index (χ3v) is 2.48. The van der Waals surface area contributed by atoms with E-state index >= 15 is 0 Å². The van der Waals surface area contributed by atoms with Crippen molar-refractivity contribution < 1.29 is 14.3 Å². The molecular formula is C11H13NO3. The van der Waals surface area contributed by atoms with Crippen LogP contribution in [0, 0.1) is 0 Å². The molecule has 0 aromatic carbocycles. The topological polar surface area (TPSA) is 48.4 Å². The lowest BCUT2D eigenvalue weighted by molar-refractivity contribution is 0.0593. The highest BCUT2D eigenvalue weighted by atomic mass is 16.5. The van der Waals surface area contributed by atoms with Crippen molar-refractivity contribution in [1.82, 2.24) is 4.98 Å². The summed E-state index contributed by atoms with van der Waals surface area (Å²) >= 11 is 0. The van der Waals surface area contributed by atoms with Gasteiger partial charge in [0.1, 0.15) is 5.69 Å². The molecule has 1 aromatic heterocycles. The number of carbonyl (C=O) groups excluding carboxylic acids is 1. The van der Waals surface area contributed by atoms with Gasteiger partial charge in [-0.2, -0.15) is 0 Å².